The molecular formula is C12H8BrClO3S. The summed E-state index contributed by atoms with van der Waals surface area (Å²) >= 11 is 8.96. The van der Waals surface area contributed by atoms with E-state index in [9.17, 15) is 9.00 Å². The summed E-state index contributed by atoms with van der Waals surface area (Å²) in [6.45, 7) is 0. The molecule has 3 nitrogen and oxygen atoms in total. The molecular weight excluding hydrogens is 340 g/mol. The van der Waals surface area contributed by atoms with Crippen molar-refractivity contribution in [1.82, 2.24) is 0 Å². The zero-order valence-electron chi connectivity index (χ0n) is 9.28. The molecule has 1 unspecified atom stereocenters. The monoisotopic (exact) mass is 346 g/mol. The second-order valence-electron chi connectivity index (χ2n) is 3.54. The summed E-state index contributed by atoms with van der Waals surface area (Å²) in [7, 11) is -1.28. The Morgan fingerprint density at radius 1 is 1.33 bits per heavy atom. The smallest absolute Gasteiger partial charge is 0.351 e. The molecule has 94 valence electrons. The van der Waals surface area contributed by atoms with E-state index in [1.807, 2.05) is 0 Å². The normalized spacial score (nSPS) is 12.4. The fourth-order valence-electron chi connectivity index (χ4n) is 1.45. The molecule has 0 bridgehead atoms. The second kappa shape index (κ2) is 5.38. The van der Waals surface area contributed by atoms with E-state index >= 15 is 0 Å². The molecule has 0 aliphatic heterocycles. The van der Waals surface area contributed by atoms with E-state index in [1.54, 1.807) is 30.3 Å². The Labute approximate surface area is 119 Å². The first-order valence-corrected chi connectivity index (χ1v) is 7.65. The predicted octanol–water partition coefficient (Wildman–Crippen LogP) is 3.46. The van der Waals surface area contributed by atoms with Gasteiger partial charge in [-0.05, 0) is 34.1 Å². The van der Waals surface area contributed by atoms with Crippen molar-refractivity contribution < 1.29 is 8.63 Å². The summed E-state index contributed by atoms with van der Waals surface area (Å²) in [5, 5.41) is 0.539. The van der Waals surface area contributed by atoms with Crippen molar-refractivity contribution in [2.24, 2.45) is 0 Å². The SMILES string of the molecule is CS(=O)c1cc(-c2cccc(Cl)c2)oc(=O)c1Br. The van der Waals surface area contributed by atoms with E-state index in [4.69, 9.17) is 16.0 Å². The van der Waals surface area contributed by atoms with E-state index in [0.717, 1.165) is 0 Å². The summed E-state index contributed by atoms with van der Waals surface area (Å²) in [6, 6.07) is 8.49. The Morgan fingerprint density at radius 2 is 2.06 bits per heavy atom. The maximum atomic E-state index is 11.6. The molecule has 1 atom stereocenters. The van der Waals surface area contributed by atoms with Gasteiger partial charge in [-0.1, -0.05) is 23.7 Å². The van der Waals surface area contributed by atoms with Crippen molar-refractivity contribution >= 4 is 38.3 Å². The first kappa shape index (κ1) is 13.5. The molecule has 18 heavy (non-hydrogen) atoms. The highest BCUT2D eigenvalue weighted by Gasteiger charge is 2.13. The largest absolute Gasteiger partial charge is 0.422 e. The lowest BCUT2D eigenvalue weighted by Gasteiger charge is -2.04. The van der Waals surface area contributed by atoms with E-state index in [1.165, 1.54) is 6.26 Å². The third-order valence-corrected chi connectivity index (χ3v) is 4.47. The molecule has 1 aromatic carbocycles. The lowest BCUT2D eigenvalue weighted by atomic mass is 10.1. The summed E-state index contributed by atoms with van der Waals surface area (Å²) in [5.41, 5.74) is 0.108. The van der Waals surface area contributed by atoms with Crippen LogP contribution in [0, 0.1) is 0 Å². The topological polar surface area (TPSA) is 47.3 Å². The maximum absolute atomic E-state index is 11.6. The standard InChI is InChI=1S/C12H8BrClO3S/c1-18(16)10-6-9(17-12(15)11(10)13)7-3-2-4-8(14)5-7/h2-6H,1H3. The molecule has 2 aromatic rings. The zero-order valence-corrected chi connectivity index (χ0v) is 12.4. The van der Waals surface area contributed by atoms with Crippen molar-refractivity contribution in [3.63, 3.8) is 0 Å². The van der Waals surface area contributed by atoms with Crippen molar-refractivity contribution in [3.05, 3.63) is 50.2 Å². The summed E-state index contributed by atoms with van der Waals surface area (Å²) < 4.78 is 16.9. The first-order chi connectivity index (χ1) is 8.49. The maximum Gasteiger partial charge on any atom is 0.351 e. The van der Waals surface area contributed by atoms with Crippen molar-refractivity contribution in [2.45, 2.75) is 4.90 Å². The van der Waals surface area contributed by atoms with Crippen LogP contribution < -0.4 is 5.63 Å². The lowest BCUT2D eigenvalue weighted by Crippen LogP contribution is -2.05. The molecule has 0 saturated carbocycles. The molecule has 0 fully saturated rings. The van der Waals surface area contributed by atoms with E-state index in [0.29, 0.717) is 21.2 Å². The number of rotatable bonds is 2. The molecule has 0 N–H and O–H groups in total. The van der Waals surface area contributed by atoms with Gasteiger partial charge in [0.05, 0.1) is 15.7 Å². The van der Waals surface area contributed by atoms with Gasteiger partial charge in [-0.15, -0.1) is 0 Å². The molecule has 0 spiro atoms. The molecule has 6 heteroatoms. The van der Waals surface area contributed by atoms with Gasteiger partial charge in [-0.2, -0.15) is 0 Å². The Balaban J connectivity index is 2.66. The summed E-state index contributed by atoms with van der Waals surface area (Å²) in [4.78, 5) is 12.0. The van der Waals surface area contributed by atoms with Gasteiger partial charge in [-0.25, -0.2) is 4.79 Å². The molecule has 0 amide bonds. The van der Waals surface area contributed by atoms with Crippen LogP contribution in [0.15, 0.2) is 48.9 Å². The predicted molar refractivity (Wildman–Crippen MR) is 75.5 cm³/mol. The summed E-state index contributed by atoms with van der Waals surface area (Å²) in [6.07, 6.45) is 1.50. The third-order valence-electron chi connectivity index (χ3n) is 2.28. The zero-order chi connectivity index (χ0) is 13.3. The third kappa shape index (κ3) is 2.74. The fourth-order valence-corrected chi connectivity index (χ4v) is 3.13. The highest BCUT2D eigenvalue weighted by Crippen LogP contribution is 2.26. The van der Waals surface area contributed by atoms with Gasteiger partial charge in [0.15, 0.2) is 0 Å². The first-order valence-electron chi connectivity index (χ1n) is 4.92. The van der Waals surface area contributed by atoms with Crippen LogP contribution in [-0.4, -0.2) is 10.5 Å². The van der Waals surface area contributed by atoms with Gasteiger partial charge in [0, 0.05) is 16.8 Å². The van der Waals surface area contributed by atoms with E-state index in [-0.39, 0.29) is 4.47 Å². The molecule has 1 heterocycles. The van der Waals surface area contributed by atoms with E-state index < -0.39 is 16.4 Å². The van der Waals surface area contributed by atoms with Gasteiger partial charge in [0.25, 0.3) is 0 Å². The minimum Gasteiger partial charge on any atom is -0.422 e. The summed E-state index contributed by atoms with van der Waals surface area (Å²) in [5.74, 6) is 0.343. The second-order valence-corrected chi connectivity index (χ2v) is 6.12. The quantitative estimate of drug-likeness (QED) is 0.836. The number of benzene rings is 1. The van der Waals surface area contributed by atoms with E-state index in [2.05, 4.69) is 15.9 Å². The molecule has 0 radical (unpaired) electrons. The van der Waals surface area contributed by atoms with Gasteiger partial charge in [0.2, 0.25) is 0 Å². The number of hydrogen-bond acceptors (Lipinski definition) is 3. The van der Waals surface area contributed by atoms with Crippen LogP contribution in [0.25, 0.3) is 11.3 Å². The molecule has 0 saturated heterocycles. The average molecular weight is 348 g/mol. The Kier molecular flexibility index (Phi) is 4.04. The Morgan fingerprint density at radius 3 is 2.67 bits per heavy atom. The Hall–Kier alpha value is -0.910. The highest BCUT2D eigenvalue weighted by atomic mass is 79.9. The highest BCUT2D eigenvalue weighted by molar-refractivity contribution is 9.10. The molecule has 1 aromatic heterocycles. The van der Waals surface area contributed by atoms with Crippen molar-refractivity contribution in [3.8, 4) is 11.3 Å². The van der Waals surface area contributed by atoms with Gasteiger partial charge < -0.3 is 4.42 Å². The molecule has 2 rings (SSSR count). The van der Waals surface area contributed by atoms with Crippen LogP contribution in [-0.2, 0) is 10.8 Å². The van der Waals surface area contributed by atoms with Gasteiger partial charge >= 0.3 is 5.63 Å². The number of halogens is 2. The average Bonchev–Trinajstić information content (AvgIpc) is 2.32. The fraction of sp³-hybridized carbons (Fsp3) is 0.0833. The molecule has 0 aliphatic rings. The van der Waals surface area contributed by atoms with Crippen LogP contribution in [0.1, 0.15) is 0 Å². The lowest BCUT2D eigenvalue weighted by molar-refractivity contribution is 0.515. The molecule has 0 aliphatic carbocycles. The van der Waals surface area contributed by atoms with Crippen molar-refractivity contribution in [2.75, 3.05) is 6.26 Å². The van der Waals surface area contributed by atoms with Gasteiger partial charge in [0.1, 0.15) is 10.2 Å². The van der Waals surface area contributed by atoms with Crippen LogP contribution in [0.4, 0.5) is 0 Å². The van der Waals surface area contributed by atoms with Crippen LogP contribution in [0.2, 0.25) is 5.02 Å². The van der Waals surface area contributed by atoms with Crippen LogP contribution >= 0.6 is 27.5 Å². The van der Waals surface area contributed by atoms with Crippen LogP contribution in [0.3, 0.4) is 0 Å². The van der Waals surface area contributed by atoms with Crippen LogP contribution in [0.5, 0.6) is 0 Å². The number of hydrogen-bond donors (Lipinski definition) is 0. The van der Waals surface area contributed by atoms with Gasteiger partial charge in [-0.3, -0.25) is 4.21 Å². The minimum atomic E-state index is -1.28. The Bertz CT molecular complexity index is 681. The minimum absolute atomic E-state index is 0.189. The van der Waals surface area contributed by atoms with Crippen molar-refractivity contribution in [1.29, 1.82) is 0 Å².